The molecule has 0 aromatic heterocycles. The lowest BCUT2D eigenvalue weighted by molar-refractivity contribution is -0.129. The molecule has 2 fully saturated rings. The third-order valence-electron chi connectivity index (χ3n) is 4.55. The van der Waals surface area contributed by atoms with Crippen molar-refractivity contribution < 1.29 is 28.2 Å². The molecule has 2 aliphatic heterocycles. The van der Waals surface area contributed by atoms with E-state index in [1.165, 1.54) is 29.2 Å². The number of anilines is 1. The van der Waals surface area contributed by atoms with Gasteiger partial charge in [-0.25, -0.2) is 0 Å². The number of nitrogens with zero attached hydrogens (tertiary/aromatic N) is 1. The second-order valence-electron chi connectivity index (χ2n) is 6.42. The number of ether oxygens (including phenoxy) is 1. The van der Waals surface area contributed by atoms with E-state index in [1.807, 2.05) is 0 Å². The van der Waals surface area contributed by atoms with Gasteiger partial charge >= 0.3 is 6.61 Å². The molecule has 2 saturated heterocycles. The van der Waals surface area contributed by atoms with E-state index in [0.717, 1.165) is 0 Å². The van der Waals surface area contributed by atoms with E-state index in [9.17, 15) is 23.5 Å². The summed E-state index contributed by atoms with van der Waals surface area (Å²) in [5.41, 5.74) is 0.560. The molecule has 3 rings (SSSR count). The fourth-order valence-corrected chi connectivity index (χ4v) is 3.26. The molecule has 26 heavy (non-hydrogen) atoms. The lowest BCUT2D eigenvalue weighted by Gasteiger charge is -2.33. The molecule has 0 bridgehead atoms. The van der Waals surface area contributed by atoms with Crippen LogP contribution < -0.4 is 20.3 Å². The average molecular weight is 369 g/mol. The quantitative estimate of drug-likeness (QED) is 0.708. The highest BCUT2D eigenvalue weighted by Gasteiger charge is 2.34. The van der Waals surface area contributed by atoms with Crippen LogP contribution in [0.4, 0.5) is 14.5 Å². The van der Waals surface area contributed by atoms with Crippen LogP contribution in [0.5, 0.6) is 5.75 Å². The SMILES string of the molecule is O=C(NC1CCCN(c2ccc(OC(F)F)cc2)C1=O)C1CC(O)CN1. The van der Waals surface area contributed by atoms with E-state index in [0.29, 0.717) is 38.0 Å². The maximum atomic E-state index is 12.7. The molecule has 0 aliphatic carbocycles. The lowest BCUT2D eigenvalue weighted by atomic mass is 10.0. The van der Waals surface area contributed by atoms with E-state index >= 15 is 0 Å². The second-order valence-corrected chi connectivity index (χ2v) is 6.42. The largest absolute Gasteiger partial charge is 0.435 e. The van der Waals surface area contributed by atoms with Gasteiger partial charge in [-0.05, 0) is 43.5 Å². The molecule has 3 unspecified atom stereocenters. The fourth-order valence-electron chi connectivity index (χ4n) is 3.26. The first-order chi connectivity index (χ1) is 12.4. The van der Waals surface area contributed by atoms with Crippen LogP contribution in [-0.4, -0.2) is 54.8 Å². The van der Waals surface area contributed by atoms with Gasteiger partial charge in [0.05, 0.1) is 12.1 Å². The molecule has 2 amide bonds. The fraction of sp³-hybridized carbons (Fsp3) is 0.529. The number of hydrogen-bond acceptors (Lipinski definition) is 5. The Morgan fingerprint density at radius 2 is 2.08 bits per heavy atom. The van der Waals surface area contributed by atoms with Gasteiger partial charge < -0.3 is 25.4 Å². The number of β-amino-alcohol motifs (C(OH)–C–C–N with tert-alkyl or cyclic N) is 1. The number of carbonyl (C=O) groups excluding carboxylic acids is 2. The molecule has 2 heterocycles. The molecule has 3 atom stereocenters. The predicted molar refractivity (Wildman–Crippen MR) is 89.0 cm³/mol. The van der Waals surface area contributed by atoms with Gasteiger partial charge in [0.15, 0.2) is 0 Å². The number of hydrogen-bond donors (Lipinski definition) is 3. The molecule has 142 valence electrons. The zero-order valence-corrected chi connectivity index (χ0v) is 14.0. The number of aliphatic hydroxyl groups is 1. The molecule has 0 saturated carbocycles. The number of nitrogens with one attached hydrogen (secondary N) is 2. The van der Waals surface area contributed by atoms with Gasteiger partial charge in [-0.15, -0.1) is 0 Å². The Labute approximate surface area is 149 Å². The zero-order valence-electron chi connectivity index (χ0n) is 14.0. The van der Waals surface area contributed by atoms with Crippen molar-refractivity contribution in [1.82, 2.24) is 10.6 Å². The molecule has 0 spiro atoms. The highest BCUT2D eigenvalue weighted by atomic mass is 19.3. The van der Waals surface area contributed by atoms with Crippen LogP contribution in [0.3, 0.4) is 0 Å². The highest BCUT2D eigenvalue weighted by molar-refractivity contribution is 6.00. The van der Waals surface area contributed by atoms with Crippen LogP contribution in [0.15, 0.2) is 24.3 Å². The Balaban J connectivity index is 1.63. The van der Waals surface area contributed by atoms with Gasteiger partial charge in [0.25, 0.3) is 0 Å². The maximum absolute atomic E-state index is 12.7. The van der Waals surface area contributed by atoms with Crippen molar-refractivity contribution in [3.8, 4) is 5.75 Å². The smallest absolute Gasteiger partial charge is 0.387 e. The minimum Gasteiger partial charge on any atom is -0.435 e. The number of aliphatic hydroxyl groups excluding tert-OH is 1. The van der Waals surface area contributed by atoms with E-state index in [4.69, 9.17) is 0 Å². The van der Waals surface area contributed by atoms with Crippen molar-refractivity contribution in [3.05, 3.63) is 24.3 Å². The van der Waals surface area contributed by atoms with Crippen molar-refractivity contribution >= 4 is 17.5 Å². The number of amides is 2. The Hall–Kier alpha value is -2.26. The van der Waals surface area contributed by atoms with E-state index in [1.54, 1.807) is 0 Å². The van der Waals surface area contributed by atoms with Crippen LogP contribution in [0.2, 0.25) is 0 Å². The van der Waals surface area contributed by atoms with E-state index in [2.05, 4.69) is 15.4 Å². The summed E-state index contributed by atoms with van der Waals surface area (Å²) >= 11 is 0. The van der Waals surface area contributed by atoms with Crippen molar-refractivity contribution in [2.75, 3.05) is 18.0 Å². The van der Waals surface area contributed by atoms with Crippen LogP contribution in [0.1, 0.15) is 19.3 Å². The van der Waals surface area contributed by atoms with Crippen LogP contribution in [-0.2, 0) is 9.59 Å². The van der Waals surface area contributed by atoms with E-state index in [-0.39, 0.29) is 17.6 Å². The minimum absolute atomic E-state index is 0.0175. The topological polar surface area (TPSA) is 90.9 Å². The molecule has 2 aliphatic rings. The number of halogens is 2. The van der Waals surface area contributed by atoms with Crippen LogP contribution in [0.25, 0.3) is 0 Å². The normalized spacial score (nSPS) is 26.2. The number of benzene rings is 1. The molecule has 1 aromatic rings. The van der Waals surface area contributed by atoms with Gasteiger partial charge in [-0.3, -0.25) is 9.59 Å². The molecular formula is C17H21F2N3O4. The standard InChI is InChI=1S/C17H21F2N3O4/c18-17(19)26-12-5-3-10(4-6-12)22-7-1-2-13(16(22)25)21-15(24)14-8-11(23)9-20-14/h3-6,11,13-14,17,20,23H,1-2,7-9H2,(H,21,24). The van der Waals surface area contributed by atoms with Gasteiger partial charge in [0, 0.05) is 18.8 Å². The summed E-state index contributed by atoms with van der Waals surface area (Å²) in [6.45, 7) is -2.06. The average Bonchev–Trinajstić information content (AvgIpc) is 3.04. The predicted octanol–water partition coefficient (Wildman–Crippen LogP) is 0.622. The maximum Gasteiger partial charge on any atom is 0.387 e. The highest BCUT2D eigenvalue weighted by Crippen LogP contribution is 2.24. The van der Waals surface area contributed by atoms with Crippen LogP contribution >= 0.6 is 0 Å². The number of carbonyl (C=O) groups is 2. The van der Waals surface area contributed by atoms with Gasteiger partial charge in [0.1, 0.15) is 11.8 Å². The molecule has 3 N–H and O–H groups in total. The summed E-state index contributed by atoms with van der Waals surface area (Å²) in [4.78, 5) is 26.5. The Morgan fingerprint density at radius 3 is 2.69 bits per heavy atom. The molecular weight excluding hydrogens is 348 g/mol. The Kier molecular flexibility index (Phi) is 5.67. The summed E-state index contributed by atoms with van der Waals surface area (Å²) in [5, 5.41) is 15.2. The van der Waals surface area contributed by atoms with E-state index < -0.39 is 24.8 Å². The molecule has 9 heteroatoms. The number of alkyl halides is 2. The van der Waals surface area contributed by atoms with Crippen molar-refractivity contribution in [2.45, 2.75) is 44.1 Å². The summed E-state index contributed by atoms with van der Waals surface area (Å²) in [6, 6.07) is 4.68. The summed E-state index contributed by atoms with van der Waals surface area (Å²) in [7, 11) is 0. The molecule has 1 aromatic carbocycles. The van der Waals surface area contributed by atoms with Gasteiger partial charge in [-0.2, -0.15) is 8.78 Å². The minimum atomic E-state index is -2.90. The first kappa shape index (κ1) is 18.5. The van der Waals surface area contributed by atoms with Crippen molar-refractivity contribution in [3.63, 3.8) is 0 Å². The molecule has 0 radical (unpaired) electrons. The zero-order chi connectivity index (χ0) is 18.7. The van der Waals surface area contributed by atoms with Crippen molar-refractivity contribution in [1.29, 1.82) is 0 Å². The summed E-state index contributed by atoms with van der Waals surface area (Å²) in [5.74, 6) is -0.531. The lowest BCUT2D eigenvalue weighted by Crippen LogP contribution is -2.55. The first-order valence-electron chi connectivity index (χ1n) is 8.52. The second kappa shape index (κ2) is 7.96. The Morgan fingerprint density at radius 1 is 1.35 bits per heavy atom. The van der Waals surface area contributed by atoms with Crippen molar-refractivity contribution in [2.24, 2.45) is 0 Å². The Bertz CT molecular complexity index is 656. The van der Waals surface area contributed by atoms with Gasteiger partial charge in [-0.1, -0.05) is 0 Å². The van der Waals surface area contributed by atoms with Gasteiger partial charge in [0.2, 0.25) is 11.8 Å². The first-order valence-corrected chi connectivity index (χ1v) is 8.52. The monoisotopic (exact) mass is 369 g/mol. The van der Waals surface area contributed by atoms with Crippen LogP contribution in [0, 0.1) is 0 Å². The third kappa shape index (κ3) is 4.28. The summed E-state index contributed by atoms with van der Waals surface area (Å²) in [6.07, 6.45) is 0.996. The number of rotatable bonds is 5. The third-order valence-corrected chi connectivity index (χ3v) is 4.55. The summed E-state index contributed by atoms with van der Waals surface area (Å²) < 4.78 is 28.7. The molecule has 7 nitrogen and oxygen atoms in total. The number of piperidine rings is 1.